The van der Waals surface area contributed by atoms with Gasteiger partial charge in [0, 0.05) is 12.6 Å². The van der Waals surface area contributed by atoms with Gasteiger partial charge < -0.3 is 5.11 Å². The lowest BCUT2D eigenvalue weighted by atomic mass is 9.86. The van der Waals surface area contributed by atoms with Crippen molar-refractivity contribution in [2.45, 2.75) is 45.2 Å². The zero-order valence-corrected chi connectivity index (χ0v) is 13.3. The molecule has 2 heteroatoms. The molecule has 3 rings (SSSR count). The molecule has 2 nitrogen and oxygen atoms in total. The third-order valence-electron chi connectivity index (χ3n) is 4.69. The van der Waals surface area contributed by atoms with Gasteiger partial charge in [0.1, 0.15) is 5.75 Å². The smallest absolute Gasteiger partial charge is 0.119 e. The zero-order valence-electron chi connectivity index (χ0n) is 13.3. The summed E-state index contributed by atoms with van der Waals surface area (Å²) < 4.78 is 0. The number of nitrogens with zero attached hydrogens (tertiary/aromatic N) is 1. The SMILES string of the molecule is CCCN(Cc1ccccc1)C1CCc2cccc(O)c2C1. The van der Waals surface area contributed by atoms with E-state index in [-0.39, 0.29) is 0 Å². The molecule has 2 aromatic rings. The van der Waals surface area contributed by atoms with Gasteiger partial charge in [0.2, 0.25) is 0 Å². The van der Waals surface area contributed by atoms with Crippen molar-refractivity contribution in [3.05, 3.63) is 65.2 Å². The van der Waals surface area contributed by atoms with Gasteiger partial charge in [-0.15, -0.1) is 0 Å². The molecule has 1 N–H and O–H groups in total. The fourth-order valence-electron chi connectivity index (χ4n) is 3.56. The predicted octanol–water partition coefficient (Wildman–Crippen LogP) is 4.16. The fourth-order valence-corrected chi connectivity index (χ4v) is 3.56. The van der Waals surface area contributed by atoms with Gasteiger partial charge in [0.15, 0.2) is 0 Å². The summed E-state index contributed by atoms with van der Waals surface area (Å²) in [5.74, 6) is 0.471. The van der Waals surface area contributed by atoms with Crippen LogP contribution >= 0.6 is 0 Å². The van der Waals surface area contributed by atoms with Gasteiger partial charge in [-0.05, 0) is 55.0 Å². The number of benzene rings is 2. The summed E-state index contributed by atoms with van der Waals surface area (Å²) in [5.41, 5.74) is 3.86. The molecule has 0 aromatic heterocycles. The minimum absolute atomic E-state index is 0.471. The maximum atomic E-state index is 10.2. The van der Waals surface area contributed by atoms with Crippen LogP contribution in [0.15, 0.2) is 48.5 Å². The molecule has 0 bridgehead atoms. The van der Waals surface area contributed by atoms with Gasteiger partial charge in [-0.3, -0.25) is 4.90 Å². The molecule has 0 aliphatic heterocycles. The molecule has 22 heavy (non-hydrogen) atoms. The first-order valence-electron chi connectivity index (χ1n) is 8.35. The molecule has 0 amide bonds. The number of hydrogen-bond acceptors (Lipinski definition) is 2. The van der Waals surface area contributed by atoms with Crippen LogP contribution in [0.4, 0.5) is 0 Å². The maximum absolute atomic E-state index is 10.2. The van der Waals surface area contributed by atoms with Crippen LogP contribution in [-0.2, 0) is 19.4 Å². The Kier molecular flexibility index (Phi) is 4.79. The van der Waals surface area contributed by atoms with E-state index in [1.807, 2.05) is 12.1 Å². The third-order valence-corrected chi connectivity index (χ3v) is 4.69. The highest BCUT2D eigenvalue weighted by molar-refractivity contribution is 5.41. The van der Waals surface area contributed by atoms with Crippen LogP contribution in [0.1, 0.15) is 36.5 Å². The molecular formula is C20H25NO. The highest BCUT2D eigenvalue weighted by Gasteiger charge is 2.25. The Balaban J connectivity index is 1.77. The van der Waals surface area contributed by atoms with Gasteiger partial charge >= 0.3 is 0 Å². The van der Waals surface area contributed by atoms with Crippen molar-refractivity contribution in [3.63, 3.8) is 0 Å². The third kappa shape index (κ3) is 3.33. The average Bonchev–Trinajstić information content (AvgIpc) is 2.56. The van der Waals surface area contributed by atoms with Crippen molar-refractivity contribution in [2.24, 2.45) is 0 Å². The van der Waals surface area contributed by atoms with Crippen LogP contribution in [0.2, 0.25) is 0 Å². The standard InChI is InChI=1S/C20H25NO/c1-2-13-21(15-16-7-4-3-5-8-16)18-12-11-17-9-6-10-20(22)19(17)14-18/h3-10,18,22H,2,11-15H2,1H3. The van der Waals surface area contributed by atoms with Crippen LogP contribution in [0.3, 0.4) is 0 Å². The predicted molar refractivity (Wildman–Crippen MR) is 91.1 cm³/mol. The Bertz CT molecular complexity index is 608. The van der Waals surface area contributed by atoms with E-state index >= 15 is 0 Å². The lowest BCUT2D eigenvalue weighted by Gasteiger charge is -2.35. The minimum Gasteiger partial charge on any atom is -0.508 e. The topological polar surface area (TPSA) is 23.5 Å². The summed E-state index contributed by atoms with van der Waals surface area (Å²) in [4.78, 5) is 2.59. The van der Waals surface area contributed by atoms with E-state index in [9.17, 15) is 5.11 Å². The Morgan fingerprint density at radius 3 is 2.68 bits per heavy atom. The number of fused-ring (bicyclic) bond motifs is 1. The maximum Gasteiger partial charge on any atom is 0.119 e. The minimum atomic E-state index is 0.471. The van der Waals surface area contributed by atoms with Crippen molar-refractivity contribution < 1.29 is 5.11 Å². The average molecular weight is 295 g/mol. The van der Waals surface area contributed by atoms with Crippen molar-refractivity contribution in [3.8, 4) is 5.75 Å². The number of phenolic OH excluding ortho intramolecular Hbond substituents is 1. The second-order valence-corrected chi connectivity index (χ2v) is 6.27. The molecule has 0 fully saturated rings. The van der Waals surface area contributed by atoms with Gasteiger partial charge in [0.25, 0.3) is 0 Å². The molecule has 1 atom stereocenters. The van der Waals surface area contributed by atoms with Crippen LogP contribution in [0.25, 0.3) is 0 Å². The first-order valence-corrected chi connectivity index (χ1v) is 8.35. The Hall–Kier alpha value is -1.80. The number of aromatic hydroxyl groups is 1. The number of hydrogen-bond donors (Lipinski definition) is 1. The lowest BCUT2D eigenvalue weighted by molar-refractivity contribution is 0.170. The van der Waals surface area contributed by atoms with E-state index in [0.717, 1.165) is 37.9 Å². The van der Waals surface area contributed by atoms with Crippen LogP contribution in [0, 0.1) is 0 Å². The molecule has 0 heterocycles. The molecular weight excluding hydrogens is 270 g/mol. The molecule has 1 unspecified atom stereocenters. The van der Waals surface area contributed by atoms with Crippen molar-refractivity contribution >= 4 is 0 Å². The Morgan fingerprint density at radius 1 is 1.09 bits per heavy atom. The van der Waals surface area contributed by atoms with Gasteiger partial charge in [-0.1, -0.05) is 49.4 Å². The highest BCUT2D eigenvalue weighted by Crippen LogP contribution is 2.31. The quantitative estimate of drug-likeness (QED) is 0.895. The van der Waals surface area contributed by atoms with Crippen LogP contribution in [0.5, 0.6) is 5.75 Å². The molecule has 1 aliphatic rings. The van der Waals surface area contributed by atoms with Crippen LogP contribution in [-0.4, -0.2) is 22.6 Å². The summed E-state index contributed by atoms with van der Waals surface area (Å²) in [6, 6.07) is 17.2. The Morgan fingerprint density at radius 2 is 1.91 bits per heavy atom. The van der Waals surface area contributed by atoms with Gasteiger partial charge in [-0.25, -0.2) is 0 Å². The van der Waals surface area contributed by atoms with Gasteiger partial charge in [-0.2, -0.15) is 0 Å². The van der Waals surface area contributed by atoms with E-state index in [0.29, 0.717) is 11.8 Å². The van der Waals surface area contributed by atoms with E-state index in [2.05, 4.69) is 48.2 Å². The summed E-state index contributed by atoms with van der Waals surface area (Å²) in [6.45, 7) is 4.36. The molecule has 0 saturated carbocycles. The summed E-state index contributed by atoms with van der Waals surface area (Å²) >= 11 is 0. The van der Waals surface area contributed by atoms with E-state index < -0.39 is 0 Å². The van der Waals surface area contributed by atoms with E-state index in [1.165, 1.54) is 17.5 Å². The van der Waals surface area contributed by atoms with Crippen LogP contribution < -0.4 is 0 Å². The molecule has 0 saturated heterocycles. The second-order valence-electron chi connectivity index (χ2n) is 6.27. The van der Waals surface area contributed by atoms with E-state index in [4.69, 9.17) is 0 Å². The monoisotopic (exact) mass is 295 g/mol. The number of rotatable bonds is 5. The molecule has 0 radical (unpaired) electrons. The zero-order chi connectivity index (χ0) is 15.4. The largest absolute Gasteiger partial charge is 0.508 e. The Labute approximate surface area is 133 Å². The highest BCUT2D eigenvalue weighted by atomic mass is 16.3. The summed E-state index contributed by atoms with van der Waals surface area (Å²) in [6.07, 6.45) is 4.39. The number of phenols is 1. The number of aryl methyl sites for hydroxylation is 1. The summed E-state index contributed by atoms with van der Waals surface area (Å²) in [7, 11) is 0. The molecule has 0 spiro atoms. The van der Waals surface area contributed by atoms with E-state index in [1.54, 1.807) is 0 Å². The first kappa shape index (κ1) is 15.1. The fraction of sp³-hybridized carbons (Fsp3) is 0.400. The van der Waals surface area contributed by atoms with Crippen molar-refractivity contribution in [1.29, 1.82) is 0 Å². The lowest BCUT2D eigenvalue weighted by Crippen LogP contribution is -2.39. The molecule has 2 aromatic carbocycles. The van der Waals surface area contributed by atoms with Crippen molar-refractivity contribution in [2.75, 3.05) is 6.54 Å². The normalized spacial score (nSPS) is 17.5. The second kappa shape index (κ2) is 6.97. The molecule has 1 aliphatic carbocycles. The van der Waals surface area contributed by atoms with Gasteiger partial charge in [0.05, 0.1) is 0 Å². The summed E-state index contributed by atoms with van der Waals surface area (Å²) in [5, 5.41) is 10.2. The van der Waals surface area contributed by atoms with Crippen molar-refractivity contribution in [1.82, 2.24) is 4.90 Å². The first-order chi connectivity index (χ1) is 10.8. The molecule has 116 valence electrons.